The largest absolute Gasteiger partial charge is 0.310 e. The van der Waals surface area contributed by atoms with E-state index in [2.05, 4.69) is 15.3 Å². The molecule has 9 nitrogen and oxygen atoms in total. The van der Waals surface area contributed by atoms with Crippen molar-refractivity contribution in [3.63, 3.8) is 0 Å². The molecule has 0 aliphatic carbocycles. The molecule has 1 aliphatic heterocycles. The summed E-state index contributed by atoms with van der Waals surface area (Å²) in [6.45, 7) is 4.35. The van der Waals surface area contributed by atoms with Crippen LogP contribution in [0.2, 0.25) is 10.0 Å². The lowest BCUT2D eigenvalue weighted by Gasteiger charge is -2.39. The molecule has 0 saturated carbocycles. The van der Waals surface area contributed by atoms with Gasteiger partial charge in [0.15, 0.2) is 5.82 Å². The lowest BCUT2D eigenvalue weighted by atomic mass is 9.90. The number of benzene rings is 1. The minimum atomic E-state index is -3.82. The molecule has 1 saturated heterocycles. The monoisotopic (exact) mass is 561 g/mol. The first kappa shape index (κ1) is 28.7. The molecule has 1 amide bonds. The van der Waals surface area contributed by atoms with Gasteiger partial charge in [-0.25, -0.2) is 32.1 Å². The molecule has 2 aromatic rings. The molecule has 0 spiro atoms. The molecule has 36 heavy (non-hydrogen) atoms. The van der Waals surface area contributed by atoms with Gasteiger partial charge in [0.25, 0.3) is 0 Å². The Balaban J connectivity index is 1.61. The Morgan fingerprint density at radius 2 is 1.94 bits per heavy atom. The number of carbonyl (C=O) groups is 1. The quantitative estimate of drug-likeness (QED) is 0.244. The van der Waals surface area contributed by atoms with Crippen LogP contribution in [0, 0.1) is 5.82 Å². The number of aromatic nitrogens is 2. The van der Waals surface area contributed by atoms with Gasteiger partial charge in [0.1, 0.15) is 5.82 Å². The van der Waals surface area contributed by atoms with Crippen LogP contribution in [-0.2, 0) is 21.4 Å². The van der Waals surface area contributed by atoms with Gasteiger partial charge in [-0.2, -0.15) is 0 Å². The van der Waals surface area contributed by atoms with E-state index in [0.29, 0.717) is 47.6 Å². The number of hydrogen-bond donors (Lipinski definition) is 2. The summed E-state index contributed by atoms with van der Waals surface area (Å²) in [5.41, 5.74) is -0.541. The molecule has 1 fully saturated rings. The van der Waals surface area contributed by atoms with Crippen molar-refractivity contribution in [2.45, 2.75) is 57.2 Å². The van der Waals surface area contributed by atoms with Gasteiger partial charge < -0.3 is 5.32 Å². The normalized spacial score (nSPS) is 17.9. The predicted molar refractivity (Wildman–Crippen MR) is 135 cm³/mol. The maximum atomic E-state index is 13.3. The van der Waals surface area contributed by atoms with Crippen LogP contribution in [0.15, 0.2) is 30.6 Å². The van der Waals surface area contributed by atoms with Gasteiger partial charge >= 0.3 is 0 Å². The van der Waals surface area contributed by atoms with E-state index in [1.54, 1.807) is 19.1 Å². The summed E-state index contributed by atoms with van der Waals surface area (Å²) < 4.78 is 41.1. The fourth-order valence-corrected chi connectivity index (χ4v) is 6.88. The molecule has 0 radical (unpaired) electrons. The number of sulfonamides is 1. The fraction of sp³-hybridized carbons (Fsp3) is 0.522. The van der Waals surface area contributed by atoms with Gasteiger partial charge in [-0.1, -0.05) is 36.2 Å². The maximum absolute atomic E-state index is 13.3. The second kappa shape index (κ2) is 12.1. The summed E-state index contributed by atoms with van der Waals surface area (Å²) in [5.74, 6) is -1.25. The first-order valence-electron chi connectivity index (χ1n) is 11.5. The zero-order chi connectivity index (χ0) is 26.5. The summed E-state index contributed by atoms with van der Waals surface area (Å²) >= 11 is 12.2. The lowest BCUT2D eigenvalue weighted by molar-refractivity contribution is -0.175. The molecule has 1 aromatic carbocycles. The zero-order valence-electron chi connectivity index (χ0n) is 20.1. The number of hydrogen-bond acceptors (Lipinski definition) is 7. The second-order valence-electron chi connectivity index (χ2n) is 9.36. The van der Waals surface area contributed by atoms with E-state index in [1.165, 1.54) is 11.2 Å². The topological polar surface area (TPSA) is 116 Å². The van der Waals surface area contributed by atoms with Crippen molar-refractivity contribution in [2.75, 3.05) is 18.8 Å². The minimum absolute atomic E-state index is 0.0486. The summed E-state index contributed by atoms with van der Waals surface area (Å²) in [6, 6.07) is 5.40. The number of halogens is 3. The van der Waals surface area contributed by atoms with E-state index in [4.69, 9.17) is 23.2 Å². The number of piperidine rings is 1. The molecule has 1 aromatic heterocycles. The number of amides is 1. The van der Waals surface area contributed by atoms with E-state index in [1.807, 2.05) is 6.07 Å². The van der Waals surface area contributed by atoms with Crippen molar-refractivity contribution in [2.24, 2.45) is 0 Å². The zero-order valence-corrected chi connectivity index (χ0v) is 22.4. The highest BCUT2D eigenvalue weighted by atomic mass is 35.5. The molecule has 2 N–H and O–H groups in total. The van der Waals surface area contributed by atoms with Crippen molar-refractivity contribution in [3.05, 3.63) is 57.8 Å². The molecule has 0 bridgehead atoms. The highest BCUT2D eigenvalue weighted by Crippen LogP contribution is 2.30. The Morgan fingerprint density at radius 3 is 2.53 bits per heavy atom. The smallest absolute Gasteiger partial charge is 0.233 e. The van der Waals surface area contributed by atoms with Gasteiger partial charge in [-0.15, -0.1) is 0 Å². The van der Waals surface area contributed by atoms with Crippen LogP contribution in [0.3, 0.4) is 0 Å². The van der Waals surface area contributed by atoms with E-state index in [9.17, 15) is 22.8 Å². The Labute approximate surface area is 220 Å². The molecule has 198 valence electrons. The summed E-state index contributed by atoms with van der Waals surface area (Å²) in [7, 11) is -3.82. The Kier molecular flexibility index (Phi) is 9.64. The highest BCUT2D eigenvalue weighted by molar-refractivity contribution is 7.89. The van der Waals surface area contributed by atoms with Crippen molar-refractivity contribution in [3.8, 4) is 0 Å². The van der Waals surface area contributed by atoms with Crippen molar-refractivity contribution in [1.29, 1.82) is 0 Å². The average molecular weight is 562 g/mol. The first-order valence-corrected chi connectivity index (χ1v) is 13.9. The van der Waals surface area contributed by atoms with Crippen LogP contribution < -0.4 is 5.32 Å². The number of nitrogens with one attached hydrogen (secondary N) is 1. The first-order chi connectivity index (χ1) is 16.9. The van der Waals surface area contributed by atoms with E-state index >= 15 is 0 Å². The highest BCUT2D eigenvalue weighted by Gasteiger charge is 2.41. The fourth-order valence-electron chi connectivity index (χ4n) is 4.42. The van der Waals surface area contributed by atoms with Crippen LogP contribution in [0.1, 0.15) is 50.4 Å². The molecule has 13 heteroatoms. The number of carbonyl (C=O) groups excluding carboxylic acids is 1. The van der Waals surface area contributed by atoms with Gasteiger partial charge in [0.2, 0.25) is 16.4 Å². The third kappa shape index (κ3) is 7.33. The third-order valence-corrected chi connectivity index (χ3v) is 9.14. The molecule has 0 unspecified atom stereocenters. The van der Waals surface area contributed by atoms with Crippen LogP contribution in [-0.4, -0.2) is 69.8 Å². The van der Waals surface area contributed by atoms with Crippen LogP contribution in [0.5, 0.6) is 0 Å². The summed E-state index contributed by atoms with van der Waals surface area (Å²) in [5, 5.41) is 15.2. The molecule has 3 rings (SSSR count). The van der Waals surface area contributed by atoms with Gasteiger partial charge in [0.05, 0.1) is 23.7 Å². The van der Waals surface area contributed by atoms with Crippen molar-refractivity contribution in [1.82, 2.24) is 24.7 Å². The lowest BCUT2D eigenvalue weighted by Crippen LogP contribution is -2.54. The number of rotatable bonds is 11. The Hall–Kier alpha value is -1.89. The van der Waals surface area contributed by atoms with E-state index in [0.717, 1.165) is 18.0 Å². The van der Waals surface area contributed by atoms with Gasteiger partial charge in [-0.3, -0.25) is 10.0 Å². The van der Waals surface area contributed by atoms with E-state index in [-0.39, 0.29) is 24.7 Å². The molecular weight excluding hydrogens is 532 g/mol. The van der Waals surface area contributed by atoms with Gasteiger partial charge in [0, 0.05) is 41.6 Å². The molecular formula is C23H30Cl2FN5O4S. The Morgan fingerprint density at radius 1 is 1.31 bits per heavy atom. The third-order valence-electron chi connectivity index (χ3n) is 6.42. The summed E-state index contributed by atoms with van der Waals surface area (Å²) in [6.07, 6.45) is 3.46. The summed E-state index contributed by atoms with van der Waals surface area (Å²) in [4.78, 5) is 19.3. The van der Waals surface area contributed by atoms with Crippen LogP contribution in [0.25, 0.3) is 0 Å². The minimum Gasteiger partial charge on any atom is -0.310 e. The number of nitrogens with zero attached hydrogens (tertiary/aromatic N) is 4. The standard InChI is InChI=1S/C23H30Cl2FN5O4S/c1-16(22-28-12-19(26)13-29-22)10-23(2,31(33)15-32)14-36(34,35)30-7-5-20(6-8-30)27-11-17-3-4-18(24)9-21(17)25/h3-4,9,12-13,15-16,20,27,33H,5-8,10-11,14H2,1-2H3/t16-,23-/m0/s1. The number of hydroxylamine groups is 2. The maximum Gasteiger partial charge on any atom is 0.233 e. The Bertz CT molecular complexity index is 1150. The van der Waals surface area contributed by atoms with Crippen molar-refractivity contribution < 1.29 is 22.8 Å². The van der Waals surface area contributed by atoms with Crippen LogP contribution in [0.4, 0.5) is 4.39 Å². The molecule has 1 aliphatic rings. The van der Waals surface area contributed by atoms with E-state index < -0.39 is 33.1 Å². The van der Waals surface area contributed by atoms with Gasteiger partial charge in [-0.05, 0) is 43.9 Å². The molecule has 2 heterocycles. The van der Waals surface area contributed by atoms with Crippen LogP contribution >= 0.6 is 23.2 Å². The van der Waals surface area contributed by atoms with Crippen molar-refractivity contribution >= 4 is 39.6 Å². The second-order valence-corrected chi connectivity index (χ2v) is 12.2. The average Bonchev–Trinajstić information content (AvgIpc) is 2.83. The molecule has 2 atom stereocenters. The SMILES string of the molecule is C[C@@H](C[C@@](C)(CS(=O)(=O)N1CCC(NCc2ccc(Cl)cc2Cl)CC1)N(O)C=O)c1ncc(F)cn1. The predicted octanol–water partition coefficient (Wildman–Crippen LogP) is 3.61.